The lowest BCUT2D eigenvalue weighted by Gasteiger charge is -2.30. The largest absolute Gasteiger partial charge is 0.469 e. The van der Waals surface area contributed by atoms with E-state index in [-0.39, 0.29) is 11.9 Å². The molecule has 0 bridgehead atoms. The van der Waals surface area contributed by atoms with Crippen LogP contribution in [0.3, 0.4) is 0 Å². The highest BCUT2D eigenvalue weighted by atomic mass is 16.3. The van der Waals surface area contributed by atoms with E-state index >= 15 is 0 Å². The molecule has 2 N–H and O–H groups in total. The van der Waals surface area contributed by atoms with Gasteiger partial charge in [0.05, 0.1) is 5.56 Å². The maximum atomic E-state index is 12.0. The molecule has 4 heteroatoms. The third-order valence-electron chi connectivity index (χ3n) is 2.72. The molecular formula is C11H16N2O2. The molecule has 0 unspecified atom stereocenters. The van der Waals surface area contributed by atoms with Crippen LogP contribution in [0.25, 0.3) is 0 Å². The van der Waals surface area contributed by atoms with E-state index in [4.69, 9.17) is 10.2 Å². The number of amides is 1. The zero-order valence-electron chi connectivity index (χ0n) is 8.90. The minimum atomic E-state index is 0.0296. The SMILES string of the molecule is Cc1cc(C(=O)N2CCC[C@@H](N)C2)co1. The number of hydrogen-bond acceptors (Lipinski definition) is 3. The minimum absolute atomic E-state index is 0.0296. The molecule has 15 heavy (non-hydrogen) atoms. The number of nitrogens with two attached hydrogens (primary N) is 1. The van der Waals surface area contributed by atoms with Gasteiger partial charge in [-0.3, -0.25) is 4.79 Å². The van der Waals surface area contributed by atoms with Crippen LogP contribution in [0.4, 0.5) is 0 Å². The molecule has 0 aromatic carbocycles. The van der Waals surface area contributed by atoms with Gasteiger partial charge in [-0.1, -0.05) is 0 Å². The van der Waals surface area contributed by atoms with Gasteiger partial charge < -0.3 is 15.1 Å². The Morgan fingerprint density at radius 3 is 3.07 bits per heavy atom. The fourth-order valence-corrected chi connectivity index (χ4v) is 1.93. The molecule has 1 atom stereocenters. The van der Waals surface area contributed by atoms with E-state index in [1.165, 1.54) is 6.26 Å². The van der Waals surface area contributed by atoms with Crippen molar-refractivity contribution in [1.29, 1.82) is 0 Å². The van der Waals surface area contributed by atoms with Crippen LogP contribution in [0.5, 0.6) is 0 Å². The normalized spacial score (nSPS) is 21.7. The van der Waals surface area contributed by atoms with E-state index in [2.05, 4.69) is 0 Å². The van der Waals surface area contributed by atoms with Crippen molar-refractivity contribution < 1.29 is 9.21 Å². The highest BCUT2D eigenvalue weighted by molar-refractivity contribution is 5.94. The van der Waals surface area contributed by atoms with Crippen molar-refractivity contribution in [2.75, 3.05) is 13.1 Å². The zero-order valence-corrected chi connectivity index (χ0v) is 8.90. The van der Waals surface area contributed by atoms with Crippen molar-refractivity contribution in [2.45, 2.75) is 25.8 Å². The second-order valence-electron chi connectivity index (χ2n) is 4.10. The smallest absolute Gasteiger partial charge is 0.257 e. The van der Waals surface area contributed by atoms with Gasteiger partial charge in [-0.25, -0.2) is 0 Å². The van der Waals surface area contributed by atoms with E-state index in [1.54, 1.807) is 11.0 Å². The first-order valence-corrected chi connectivity index (χ1v) is 5.27. The monoisotopic (exact) mass is 208 g/mol. The fourth-order valence-electron chi connectivity index (χ4n) is 1.93. The van der Waals surface area contributed by atoms with Crippen LogP contribution < -0.4 is 5.73 Å². The predicted molar refractivity (Wildman–Crippen MR) is 56.6 cm³/mol. The van der Waals surface area contributed by atoms with Crippen LogP contribution in [-0.2, 0) is 0 Å². The summed E-state index contributed by atoms with van der Waals surface area (Å²) in [6.45, 7) is 3.29. The molecule has 4 nitrogen and oxygen atoms in total. The molecule has 1 aromatic heterocycles. The number of nitrogens with zero attached hydrogens (tertiary/aromatic N) is 1. The first-order chi connectivity index (χ1) is 7.16. The van der Waals surface area contributed by atoms with Gasteiger partial charge in [0.2, 0.25) is 0 Å². The highest BCUT2D eigenvalue weighted by Crippen LogP contribution is 2.14. The van der Waals surface area contributed by atoms with Crippen molar-refractivity contribution in [1.82, 2.24) is 4.90 Å². The van der Waals surface area contributed by atoms with E-state index < -0.39 is 0 Å². The summed E-state index contributed by atoms with van der Waals surface area (Å²) in [4.78, 5) is 13.8. The maximum absolute atomic E-state index is 12.0. The minimum Gasteiger partial charge on any atom is -0.469 e. The van der Waals surface area contributed by atoms with Crippen LogP contribution in [0.2, 0.25) is 0 Å². The Hall–Kier alpha value is -1.29. The number of furan rings is 1. The molecule has 1 aliphatic rings. The second-order valence-corrected chi connectivity index (χ2v) is 4.10. The quantitative estimate of drug-likeness (QED) is 0.753. The second kappa shape index (κ2) is 4.06. The highest BCUT2D eigenvalue weighted by Gasteiger charge is 2.23. The number of hydrogen-bond donors (Lipinski definition) is 1. The average Bonchev–Trinajstić information content (AvgIpc) is 2.64. The fraction of sp³-hybridized carbons (Fsp3) is 0.545. The summed E-state index contributed by atoms with van der Waals surface area (Å²) in [5, 5.41) is 0. The first kappa shape index (κ1) is 10.2. The third kappa shape index (κ3) is 2.21. The Balaban J connectivity index is 2.07. The molecule has 2 rings (SSSR count). The van der Waals surface area contributed by atoms with E-state index in [0.717, 1.165) is 25.1 Å². The van der Waals surface area contributed by atoms with Crippen LogP contribution in [0, 0.1) is 6.92 Å². The van der Waals surface area contributed by atoms with E-state index in [0.29, 0.717) is 12.1 Å². The molecule has 1 amide bonds. The van der Waals surface area contributed by atoms with Gasteiger partial charge in [-0.15, -0.1) is 0 Å². The summed E-state index contributed by atoms with van der Waals surface area (Å²) in [5.74, 6) is 0.793. The average molecular weight is 208 g/mol. The molecule has 0 saturated carbocycles. The van der Waals surface area contributed by atoms with Crippen LogP contribution in [-0.4, -0.2) is 29.9 Å². The molecule has 1 aromatic rings. The van der Waals surface area contributed by atoms with Crippen molar-refractivity contribution in [3.8, 4) is 0 Å². The van der Waals surface area contributed by atoms with Gasteiger partial charge in [0.1, 0.15) is 12.0 Å². The standard InChI is InChI=1S/C11H16N2O2/c1-8-5-9(7-15-8)11(14)13-4-2-3-10(12)6-13/h5,7,10H,2-4,6,12H2,1H3/t10-/m1/s1. The van der Waals surface area contributed by atoms with Crippen LogP contribution in [0.15, 0.2) is 16.7 Å². The molecule has 0 radical (unpaired) electrons. The van der Waals surface area contributed by atoms with E-state index in [1.807, 2.05) is 6.92 Å². The van der Waals surface area contributed by atoms with Gasteiger partial charge in [0.25, 0.3) is 5.91 Å². The summed E-state index contributed by atoms with van der Waals surface area (Å²) in [6.07, 6.45) is 3.51. The molecule has 0 aliphatic carbocycles. The van der Waals surface area contributed by atoms with Crippen LogP contribution in [0.1, 0.15) is 29.0 Å². The molecule has 1 fully saturated rings. The number of carbonyl (C=O) groups excluding carboxylic acids is 1. The lowest BCUT2D eigenvalue weighted by molar-refractivity contribution is 0.0708. The number of carbonyl (C=O) groups is 1. The summed E-state index contributed by atoms with van der Waals surface area (Å²) < 4.78 is 5.12. The summed E-state index contributed by atoms with van der Waals surface area (Å²) in [7, 11) is 0. The predicted octanol–water partition coefficient (Wildman–Crippen LogP) is 1.15. The summed E-state index contributed by atoms with van der Waals surface area (Å²) in [6, 6.07) is 1.89. The lowest BCUT2D eigenvalue weighted by atomic mass is 10.1. The molecule has 82 valence electrons. The molecule has 1 saturated heterocycles. The van der Waals surface area contributed by atoms with Crippen molar-refractivity contribution in [3.05, 3.63) is 23.7 Å². The Morgan fingerprint density at radius 1 is 1.67 bits per heavy atom. The number of piperidine rings is 1. The van der Waals surface area contributed by atoms with Gasteiger partial charge in [-0.05, 0) is 25.8 Å². The third-order valence-corrected chi connectivity index (χ3v) is 2.72. The molecule has 1 aliphatic heterocycles. The zero-order chi connectivity index (χ0) is 10.8. The van der Waals surface area contributed by atoms with Crippen molar-refractivity contribution >= 4 is 5.91 Å². The van der Waals surface area contributed by atoms with Gasteiger partial charge >= 0.3 is 0 Å². The van der Waals surface area contributed by atoms with Gasteiger partial charge in [-0.2, -0.15) is 0 Å². The van der Waals surface area contributed by atoms with Crippen molar-refractivity contribution in [3.63, 3.8) is 0 Å². The van der Waals surface area contributed by atoms with E-state index in [9.17, 15) is 4.79 Å². The molecule has 2 heterocycles. The van der Waals surface area contributed by atoms with Crippen LogP contribution >= 0.6 is 0 Å². The van der Waals surface area contributed by atoms with Crippen molar-refractivity contribution in [2.24, 2.45) is 5.73 Å². The summed E-state index contributed by atoms with van der Waals surface area (Å²) in [5.41, 5.74) is 6.46. The number of likely N-dealkylation sites (tertiary alicyclic amines) is 1. The Kier molecular flexibility index (Phi) is 2.77. The molecule has 0 spiro atoms. The van der Waals surface area contributed by atoms with Gasteiger partial charge in [0, 0.05) is 19.1 Å². The molecular weight excluding hydrogens is 192 g/mol. The van der Waals surface area contributed by atoms with Gasteiger partial charge in [0.15, 0.2) is 0 Å². The maximum Gasteiger partial charge on any atom is 0.257 e. The number of aryl methyl sites for hydroxylation is 1. The number of rotatable bonds is 1. The first-order valence-electron chi connectivity index (χ1n) is 5.27. The summed E-state index contributed by atoms with van der Waals surface area (Å²) >= 11 is 0. The topological polar surface area (TPSA) is 59.5 Å². The Bertz CT molecular complexity index is 359. The lowest BCUT2D eigenvalue weighted by Crippen LogP contribution is -2.45. The Labute approximate surface area is 89.0 Å². The Morgan fingerprint density at radius 2 is 2.47 bits per heavy atom.